The summed E-state index contributed by atoms with van der Waals surface area (Å²) in [7, 11) is -3.77. The van der Waals surface area contributed by atoms with Crippen molar-refractivity contribution in [2.75, 3.05) is 13.2 Å². The van der Waals surface area contributed by atoms with Gasteiger partial charge in [0.05, 0.1) is 11.2 Å². The lowest BCUT2D eigenvalue weighted by atomic mass is 10.2. The van der Waals surface area contributed by atoms with E-state index in [2.05, 4.69) is 5.32 Å². The summed E-state index contributed by atoms with van der Waals surface area (Å²) >= 11 is 5.81. The molecule has 0 saturated carbocycles. The van der Waals surface area contributed by atoms with E-state index in [0.717, 1.165) is 5.56 Å². The minimum absolute atomic E-state index is 0.146. The van der Waals surface area contributed by atoms with Gasteiger partial charge in [0, 0.05) is 11.6 Å². The molecule has 0 unspecified atom stereocenters. The number of halogens is 1. The Hall–Kier alpha value is -2.77. The van der Waals surface area contributed by atoms with Crippen molar-refractivity contribution in [2.24, 2.45) is 0 Å². The molecule has 1 aromatic heterocycles. The second-order valence-electron chi connectivity index (χ2n) is 6.41. The van der Waals surface area contributed by atoms with Crippen LogP contribution in [0.15, 0.2) is 76.2 Å². The lowest BCUT2D eigenvalue weighted by molar-refractivity contribution is -0.123. The molecule has 1 atom stereocenters. The molecule has 0 saturated heterocycles. The van der Waals surface area contributed by atoms with Gasteiger partial charge in [-0.25, -0.2) is 8.42 Å². The van der Waals surface area contributed by atoms with Crippen LogP contribution in [0.1, 0.15) is 16.6 Å². The maximum Gasteiger partial charge on any atom is 0.257 e. The van der Waals surface area contributed by atoms with E-state index in [1.807, 2.05) is 6.92 Å². The highest BCUT2D eigenvalue weighted by atomic mass is 35.5. The number of aryl methyl sites for hydroxylation is 1. The minimum Gasteiger partial charge on any atom is -0.484 e. The standard InChI is InChI=1S/C21H20ClNO5S/c1-15-4-10-18(11-5-15)29(25,26)20(19-3-2-12-27-19)13-23-21(24)14-28-17-8-6-16(22)7-9-17/h2-12,20H,13-14H2,1H3,(H,23,24)/t20-/m0/s1. The van der Waals surface area contributed by atoms with Crippen molar-refractivity contribution < 1.29 is 22.4 Å². The monoisotopic (exact) mass is 433 g/mol. The average molecular weight is 434 g/mol. The van der Waals surface area contributed by atoms with Crippen LogP contribution in [0.5, 0.6) is 5.75 Å². The Morgan fingerprint density at radius 2 is 1.79 bits per heavy atom. The molecule has 0 aliphatic heterocycles. The van der Waals surface area contributed by atoms with Crippen molar-refractivity contribution in [2.45, 2.75) is 17.1 Å². The third-order valence-electron chi connectivity index (χ3n) is 4.25. The number of amides is 1. The fourth-order valence-electron chi connectivity index (χ4n) is 2.67. The van der Waals surface area contributed by atoms with Crippen LogP contribution in [0.3, 0.4) is 0 Å². The molecule has 2 aromatic carbocycles. The number of sulfone groups is 1. The van der Waals surface area contributed by atoms with Gasteiger partial charge in [0.1, 0.15) is 16.8 Å². The number of carbonyl (C=O) groups is 1. The first kappa shape index (κ1) is 21.0. The molecule has 152 valence electrons. The summed E-state index contributed by atoms with van der Waals surface area (Å²) in [6.45, 7) is 1.48. The molecule has 1 amide bonds. The molecule has 29 heavy (non-hydrogen) atoms. The van der Waals surface area contributed by atoms with Gasteiger partial charge in [0.15, 0.2) is 16.4 Å². The zero-order chi connectivity index (χ0) is 20.9. The highest BCUT2D eigenvalue weighted by Gasteiger charge is 2.31. The average Bonchev–Trinajstić information content (AvgIpc) is 3.22. The van der Waals surface area contributed by atoms with Crippen LogP contribution >= 0.6 is 11.6 Å². The fraction of sp³-hybridized carbons (Fsp3) is 0.190. The van der Waals surface area contributed by atoms with Gasteiger partial charge in [-0.15, -0.1) is 0 Å². The quantitative estimate of drug-likeness (QED) is 0.581. The molecular weight excluding hydrogens is 414 g/mol. The van der Waals surface area contributed by atoms with E-state index in [4.69, 9.17) is 20.8 Å². The van der Waals surface area contributed by atoms with Crippen molar-refractivity contribution in [1.82, 2.24) is 5.32 Å². The molecule has 0 aliphatic carbocycles. The van der Waals surface area contributed by atoms with Gasteiger partial charge in [0.25, 0.3) is 5.91 Å². The van der Waals surface area contributed by atoms with Gasteiger partial charge in [-0.2, -0.15) is 0 Å². The zero-order valence-electron chi connectivity index (χ0n) is 15.7. The molecule has 3 aromatic rings. The predicted octanol–water partition coefficient (Wildman–Crippen LogP) is 3.95. The van der Waals surface area contributed by atoms with E-state index in [1.165, 1.54) is 6.26 Å². The minimum atomic E-state index is -3.77. The number of hydrogen-bond acceptors (Lipinski definition) is 5. The van der Waals surface area contributed by atoms with E-state index in [9.17, 15) is 13.2 Å². The Morgan fingerprint density at radius 3 is 2.41 bits per heavy atom. The van der Waals surface area contributed by atoms with Gasteiger partial charge in [0.2, 0.25) is 0 Å². The molecule has 0 spiro atoms. The summed E-state index contributed by atoms with van der Waals surface area (Å²) in [6, 6.07) is 16.3. The summed E-state index contributed by atoms with van der Waals surface area (Å²) in [5.41, 5.74) is 0.950. The van der Waals surface area contributed by atoms with Crippen LogP contribution in [0, 0.1) is 6.92 Å². The first-order valence-corrected chi connectivity index (χ1v) is 10.8. The summed E-state index contributed by atoms with van der Waals surface area (Å²) in [5, 5.41) is 2.11. The summed E-state index contributed by atoms with van der Waals surface area (Å²) in [4.78, 5) is 12.3. The highest BCUT2D eigenvalue weighted by molar-refractivity contribution is 7.91. The molecule has 0 aliphatic rings. The van der Waals surface area contributed by atoms with E-state index >= 15 is 0 Å². The predicted molar refractivity (Wildman–Crippen MR) is 110 cm³/mol. The SMILES string of the molecule is Cc1ccc(S(=O)(=O)[C@@H](CNC(=O)COc2ccc(Cl)cc2)c2ccco2)cc1. The molecule has 1 heterocycles. The van der Waals surface area contributed by atoms with Crippen molar-refractivity contribution >= 4 is 27.3 Å². The number of carbonyl (C=O) groups excluding carboxylic acids is 1. The summed E-state index contributed by atoms with van der Waals surface area (Å²) in [5.74, 6) is 0.291. The number of ether oxygens (including phenoxy) is 1. The van der Waals surface area contributed by atoms with Crippen molar-refractivity contribution in [3.63, 3.8) is 0 Å². The van der Waals surface area contributed by atoms with E-state index in [1.54, 1.807) is 60.7 Å². The first-order valence-electron chi connectivity index (χ1n) is 8.85. The lowest BCUT2D eigenvalue weighted by Crippen LogP contribution is -2.34. The Labute approximate surface area is 174 Å². The fourth-order valence-corrected chi connectivity index (χ4v) is 4.38. The molecule has 1 N–H and O–H groups in total. The highest BCUT2D eigenvalue weighted by Crippen LogP contribution is 2.29. The molecule has 6 nitrogen and oxygen atoms in total. The smallest absolute Gasteiger partial charge is 0.257 e. The van der Waals surface area contributed by atoms with Crippen LogP contribution in [0.2, 0.25) is 5.02 Å². The molecule has 0 fully saturated rings. The van der Waals surface area contributed by atoms with E-state index in [-0.39, 0.29) is 23.8 Å². The largest absolute Gasteiger partial charge is 0.484 e. The summed E-state index contributed by atoms with van der Waals surface area (Å²) in [6.07, 6.45) is 1.40. The Kier molecular flexibility index (Phi) is 6.61. The molecule has 8 heteroatoms. The van der Waals surface area contributed by atoms with Crippen molar-refractivity contribution in [3.8, 4) is 5.75 Å². The normalized spacial score (nSPS) is 12.3. The molecular formula is C21H20ClNO5S. The van der Waals surface area contributed by atoms with Crippen molar-refractivity contribution in [3.05, 3.63) is 83.3 Å². The van der Waals surface area contributed by atoms with E-state index in [0.29, 0.717) is 10.8 Å². The molecule has 0 bridgehead atoms. The maximum atomic E-state index is 13.1. The van der Waals surface area contributed by atoms with Gasteiger partial charge in [-0.05, 0) is 55.5 Å². The Morgan fingerprint density at radius 1 is 1.10 bits per heavy atom. The number of hydrogen-bond donors (Lipinski definition) is 1. The molecule has 3 rings (SSSR count). The maximum absolute atomic E-state index is 13.1. The van der Waals surface area contributed by atoms with E-state index < -0.39 is 21.0 Å². The van der Waals surface area contributed by atoms with Crippen molar-refractivity contribution in [1.29, 1.82) is 0 Å². The molecule has 0 radical (unpaired) electrons. The Bertz CT molecular complexity index is 1050. The van der Waals surface area contributed by atoms with Gasteiger partial charge in [-0.3, -0.25) is 4.79 Å². The Balaban J connectivity index is 1.69. The van der Waals surface area contributed by atoms with Crippen LogP contribution in [0.25, 0.3) is 0 Å². The van der Waals surface area contributed by atoms with Gasteiger partial charge < -0.3 is 14.5 Å². The second kappa shape index (κ2) is 9.15. The third-order valence-corrected chi connectivity index (χ3v) is 6.58. The third kappa shape index (κ3) is 5.40. The number of rotatable bonds is 8. The zero-order valence-corrected chi connectivity index (χ0v) is 17.2. The van der Waals surface area contributed by atoms with Crippen LogP contribution in [-0.4, -0.2) is 27.5 Å². The van der Waals surface area contributed by atoms with Gasteiger partial charge >= 0.3 is 0 Å². The van der Waals surface area contributed by atoms with Crippen LogP contribution < -0.4 is 10.1 Å². The topological polar surface area (TPSA) is 85.6 Å². The van der Waals surface area contributed by atoms with Gasteiger partial charge in [-0.1, -0.05) is 29.3 Å². The number of benzene rings is 2. The number of furan rings is 1. The summed E-state index contributed by atoms with van der Waals surface area (Å²) < 4.78 is 36.9. The van der Waals surface area contributed by atoms with Crippen LogP contribution in [-0.2, 0) is 14.6 Å². The second-order valence-corrected chi connectivity index (χ2v) is 8.98. The van der Waals surface area contributed by atoms with Crippen LogP contribution in [0.4, 0.5) is 0 Å². The lowest BCUT2D eigenvalue weighted by Gasteiger charge is -2.17. The number of nitrogens with one attached hydrogen (secondary N) is 1. The first-order chi connectivity index (χ1) is 13.9.